The normalized spacial score (nSPS) is 11.5. The second kappa shape index (κ2) is 8.95. The highest BCUT2D eigenvalue weighted by Crippen LogP contribution is 2.32. The molecule has 0 saturated carbocycles. The van der Waals surface area contributed by atoms with Crippen molar-refractivity contribution in [2.24, 2.45) is 7.05 Å². The van der Waals surface area contributed by atoms with Crippen LogP contribution in [0.1, 0.15) is 30.8 Å². The van der Waals surface area contributed by atoms with Gasteiger partial charge in [0.2, 0.25) is 10.9 Å². The average molecular weight is 478 g/mol. The van der Waals surface area contributed by atoms with Crippen molar-refractivity contribution in [2.75, 3.05) is 5.32 Å². The van der Waals surface area contributed by atoms with Gasteiger partial charge in [-0.15, -0.1) is 20.4 Å². The lowest BCUT2D eigenvalue weighted by atomic mass is 10.0. The predicted molar refractivity (Wildman–Crippen MR) is 134 cm³/mol. The molecule has 0 spiro atoms. The zero-order valence-corrected chi connectivity index (χ0v) is 20.2. The van der Waals surface area contributed by atoms with E-state index in [2.05, 4.69) is 57.8 Å². The number of rotatable bonds is 7. The first-order valence-corrected chi connectivity index (χ1v) is 12.6. The molecule has 0 bridgehead atoms. The van der Waals surface area contributed by atoms with Gasteiger partial charge in [0.25, 0.3) is 5.56 Å². The number of nitrogens with zero attached hydrogens (tertiary/aromatic N) is 6. The largest absolute Gasteiger partial charge is 0.330 e. The van der Waals surface area contributed by atoms with Crippen LogP contribution in [-0.4, -0.2) is 29.4 Å². The summed E-state index contributed by atoms with van der Waals surface area (Å²) >= 11 is 3.08. The summed E-state index contributed by atoms with van der Waals surface area (Å²) < 4.78 is 4.32. The molecule has 5 rings (SSSR count). The van der Waals surface area contributed by atoms with Gasteiger partial charge >= 0.3 is 0 Å². The molecule has 1 N–H and O–H groups in total. The number of thioether (sulfide) groups is 1. The molecule has 0 saturated heterocycles. The second-order valence-electron chi connectivity index (χ2n) is 7.58. The standard InChI is InChI=1S/C23H23N7OS2/c1-4-14-9-8-10-15(5-2)19(14)24-21-26-28-23(33-21)32-13-18-25-27-22-29(3)20(31)16-11-6-7-12-17(16)30(18)22/h6-12H,4-5,13H2,1-3H3,(H,24,26). The Hall–Kier alpha value is -3.24. The zero-order valence-electron chi connectivity index (χ0n) is 18.6. The first-order chi connectivity index (χ1) is 16.1. The first-order valence-electron chi connectivity index (χ1n) is 10.8. The van der Waals surface area contributed by atoms with Crippen molar-refractivity contribution in [3.8, 4) is 0 Å². The number of nitrogens with one attached hydrogen (secondary N) is 1. The molecule has 2 aromatic carbocycles. The van der Waals surface area contributed by atoms with Crippen molar-refractivity contribution in [3.05, 3.63) is 69.8 Å². The average Bonchev–Trinajstić information content (AvgIpc) is 3.48. The highest BCUT2D eigenvalue weighted by Gasteiger charge is 2.16. The molecule has 0 aliphatic rings. The number of fused-ring (bicyclic) bond motifs is 3. The lowest BCUT2D eigenvalue weighted by molar-refractivity contribution is 0.857. The van der Waals surface area contributed by atoms with Crippen LogP contribution in [0.25, 0.3) is 16.7 Å². The van der Waals surface area contributed by atoms with Crippen LogP contribution in [0, 0.1) is 0 Å². The molecule has 10 heteroatoms. The minimum Gasteiger partial charge on any atom is -0.330 e. The van der Waals surface area contributed by atoms with Crippen LogP contribution < -0.4 is 10.9 Å². The Bertz CT molecular complexity index is 1500. The quantitative estimate of drug-likeness (QED) is 0.343. The summed E-state index contributed by atoms with van der Waals surface area (Å²) in [5, 5.41) is 22.2. The Morgan fingerprint density at radius 2 is 1.73 bits per heavy atom. The van der Waals surface area contributed by atoms with Crippen molar-refractivity contribution in [1.82, 2.24) is 29.4 Å². The summed E-state index contributed by atoms with van der Waals surface area (Å²) in [5.41, 5.74) is 4.39. The molecule has 33 heavy (non-hydrogen) atoms. The van der Waals surface area contributed by atoms with Gasteiger partial charge in [-0.2, -0.15) is 0 Å². The topological polar surface area (TPSA) is 90.0 Å². The van der Waals surface area contributed by atoms with Gasteiger partial charge in [-0.1, -0.05) is 67.3 Å². The van der Waals surface area contributed by atoms with Crippen molar-refractivity contribution >= 4 is 50.6 Å². The van der Waals surface area contributed by atoms with E-state index in [9.17, 15) is 4.79 Å². The summed E-state index contributed by atoms with van der Waals surface area (Å²) in [6, 6.07) is 13.9. The van der Waals surface area contributed by atoms with E-state index in [4.69, 9.17) is 0 Å². The van der Waals surface area contributed by atoms with Crippen LogP contribution in [0.4, 0.5) is 10.8 Å². The molecule has 0 aliphatic carbocycles. The molecule has 5 aromatic rings. The lowest BCUT2D eigenvalue weighted by Crippen LogP contribution is -2.20. The Morgan fingerprint density at radius 3 is 2.48 bits per heavy atom. The number of aromatic nitrogens is 6. The number of hydrogen-bond donors (Lipinski definition) is 1. The third-order valence-electron chi connectivity index (χ3n) is 5.65. The Balaban J connectivity index is 1.41. The smallest absolute Gasteiger partial charge is 0.262 e. The molecule has 0 radical (unpaired) electrons. The van der Waals surface area contributed by atoms with Gasteiger partial charge in [0.15, 0.2) is 4.34 Å². The molecule has 0 fully saturated rings. The van der Waals surface area contributed by atoms with Gasteiger partial charge in [-0.25, -0.2) is 0 Å². The van der Waals surface area contributed by atoms with Crippen LogP contribution >= 0.6 is 23.1 Å². The van der Waals surface area contributed by atoms with Crippen molar-refractivity contribution in [2.45, 2.75) is 36.8 Å². The van der Waals surface area contributed by atoms with Crippen LogP contribution in [0.2, 0.25) is 0 Å². The van der Waals surface area contributed by atoms with Gasteiger partial charge in [0.05, 0.1) is 16.7 Å². The van der Waals surface area contributed by atoms with Crippen molar-refractivity contribution in [3.63, 3.8) is 0 Å². The molecule has 0 atom stereocenters. The summed E-state index contributed by atoms with van der Waals surface area (Å²) in [5.74, 6) is 1.84. The molecule has 168 valence electrons. The fourth-order valence-corrected chi connectivity index (χ4v) is 5.61. The number of benzene rings is 2. The van der Waals surface area contributed by atoms with E-state index < -0.39 is 0 Å². The minimum atomic E-state index is -0.0802. The van der Waals surface area contributed by atoms with Gasteiger partial charge in [-0.3, -0.25) is 13.8 Å². The van der Waals surface area contributed by atoms with Gasteiger partial charge < -0.3 is 5.32 Å². The molecule has 0 amide bonds. The maximum Gasteiger partial charge on any atom is 0.262 e. The van der Waals surface area contributed by atoms with Gasteiger partial charge in [0.1, 0.15) is 5.82 Å². The molecular formula is C23H23N7OS2. The van der Waals surface area contributed by atoms with Crippen LogP contribution in [0.5, 0.6) is 0 Å². The summed E-state index contributed by atoms with van der Waals surface area (Å²) in [7, 11) is 1.72. The highest BCUT2D eigenvalue weighted by molar-refractivity contribution is 8.00. The Kier molecular flexibility index (Phi) is 5.86. The van der Waals surface area contributed by atoms with Gasteiger partial charge in [0, 0.05) is 12.7 Å². The van der Waals surface area contributed by atoms with E-state index >= 15 is 0 Å². The van der Waals surface area contributed by atoms with E-state index in [1.807, 2.05) is 28.7 Å². The molecule has 8 nitrogen and oxygen atoms in total. The number of aryl methyl sites for hydroxylation is 3. The van der Waals surface area contributed by atoms with Crippen LogP contribution in [0.3, 0.4) is 0 Å². The van der Waals surface area contributed by atoms with Crippen LogP contribution in [0.15, 0.2) is 51.6 Å². The van der Waals surface area contributed by atoms with Crippen molar-refractivity contribution < 1.29 is 0 Å². The Labute approximate surface area is 198 Å². The second-order valence-corrected chi connectivity index (χ2v) is 9.78. The third-order valence-corrected chi connectivity index (χ3v) is 7.62. The third kappa shape index (κ3) is 3.89. The maximum absolute atomic E-state index is 12.6. The summed E-state index contributed by atoms with van der Waals surface area (Å²) in [6.45, 7) is 4.31. The highest BCUT2D eigenvalue weighted by atomic mass is 32.2. The first kappa shape index (κ1) is 21.6. The monoisotopic (exact) mass is 477 g/mol. The number of para-hydroxylation sites is 2. The number of anilines is 2. The minimum absolute atomic E-state index is 0.0802. The Morgan fingerprint density at radius 1 is 0.970 bits per heavy atom. The van der Waals surface area contributed by atoms with E-state index in [1.54, 1.807) is 18.8 Å². The van der Waals surface area contributed by atoms with Gasteiger partial charge in [-0.05, 0) is 36.1 Å². The SMILES string of the molecule is CCc1cccc(CC)c1Nc1nnc(SCc2nnc3n(C)c(=O)c4ccccc4n23)s1. The van der Waals surface area contributed by atoms with E-state index in [0.29, 0.717) is 16.9 Å². The lowest BCUT2D eigenvalue weighted by Gasteiger charge is -2.13. The fourth-order valence-electron chi connectivity index (χ4n) is 3.94. The van der Waals surface area contributed by atoms with E-state index in [1.165, 1.54) is 27.0 Å². The van der Waals surface area contributed by atoms with Crippen LogP contribution in [-0.2, 0) is 25.6 Å². The fraction of sp³-hybridized carbons (Fsp3) is 0.261. The number of hydrogen-bond acceptors (Lipinski definition) is 8. The van der Waals surface area contributed by atoms with E-state index in [-0.39, 0.29) is 5.56 Å². The molecule has 0 aliphatic heterocycles. The molecule has 3 aromatic heterocycles. The molecular weight excluding hydrogens is 454 g/mol. The summed E-state index contributed by atoms with van der Waals surface area (Å²) in [4.78, 5) is 12.6. The van der Waals surface area contributed by atoms with E-state index in [0.717, 1.165) is 39.3 Å². The van der Waals surface area contributed by atoms with Crippen molar-refractivity contribution in [1.29, 1.82) is 0 Å². The maximum atomic E-state index is 12.6. The zero-order chi connectivity index (χ0) is 22.9. The summed E-state index contributed by atoms with van der Waals surface area (Å²) in [6.07, 6.45) is 1.90. The molecule has 0 unspecified atom stereocenters. The predicted octanol–water partition coefficient (Wildman–Crippen LogP) is 4.59. The molecule has 3 heterocycles.